The first-order chi connectivity index (χ1) is 11.3. The molecule has 23 heavy (non-hydrogen) atoms. The SMILES string of the molecule is COc1cnc2ccccc2n1.Clc1cnc2ccccc2n1. The standard InChI is InChI=1S/C9H8N2O.C8H5ClN2/c1-12-9-6-10-7-4-2-3-5-8(7)11-9;9-8-5-10-6-3-1-2-4-7(6)11-8/h2-6H,1H3;1-5H. The maximum Gasteiger partial charge on any atom is 0.232 e. The van der Waals surface area contributed by atoms with Crippen LogP contribution in [0, 0.1) is 0 Å². The number of ether oxygens (including phenoxy) is 1. The molecule has 6 heteroatoms. The van der Waals surface area contributed by atoms with Crippen molar-refractivity contribution in [1.29, 1.82) is 0 Å². The van der Waals surface area contributed by atoms with Gasteiger partial charge in [-0.3, -0.25) is 4.98 Å². The predicted octanol–water partition coefficient (Wildman–Crippen LogP) is 3.92. The molecule has 5 nitrogen and oxygen atoms in total. The number of hydrogen-bond acceptors (Lipinski definition) is 5. The summed E-state index contributed by atoms with van der Waals surface area (Å²) in [5.74, 6) is 0.550. The predicted molar refractivity (Wildman–Crippen MR) is 90.6 cm³/mol. The van der Waals surface area contributed by atoms with Crippen LogP contribution in [0.1, 0.15) is 0 Å². The van der Waals surface area contributed by atoms with Crippen molar-refractivity contribution < 1.29 is 4.74 Å². The van der Waals surface area contributed by atoms with Crippen LogP contribution in [0.2, 0.25) is 5.15 Å². The fraction of sp³-hybridized carbons (Fsp3) is 0.0588. The Morgan fingerprint density at radius 2 is 1.26 bits per heavy atom. The van der Waals surface area contributed by atoms with Gasteiger partial charge in [0.25, 0.3) is 0 Å². The van der Waals surface area contributed by atoms with E-state index in [1.165, 1.54) is 0 Å². The van der Waals surface area contributed by atoms with Gasteiger partial charge in [0.15, 0.2) is 0 Å². The quantitative estimate of drug-likeness (QED) is 0.531. The van der Waals surface area contributed by atoms with E-state index < -0.39 is 0 Å². The van der Waals surface area contributed by atoms with E-state index in [1.807, 2.05) is 48.5 Å². The zero-order chi connectivity index (χ0) is 16.1. The highest BCUT2D eigenvalue weighted by molar-refractivity contribution is 6.29. The molecule has 2 heterocycles. The second-order valence-corrected chi connectivity index (χ2v) is 4.97. The summed E-state index contributed by atoms with van der Waals surface area (Å²) in [7, 11) is 1.58. The number of fused-ring (bicyclic) bond motifs is 2. The van der Waals surface area contributed by atoms with Gasteiger partial charge in [-0.2, -0.15) is 0 Å². The molecule has 0 radical (unpaired) electrons. The molecule has 0 aliphatic heterocycles. The molecule has 0 saturated carbocycles. The Morgan fingerprint density at radius 1 is 0.739 bits per heavy atom. The molecule has 0 amide bonds. The molecular weight excluding hydrogens is 312 g/mol. The summed E-state index contributed by atoms with van der Waals surface area (Å²) in [5, 5.41) is 0.434. The number of hydrogen-bond donors (Lipinski definition) is 0. The van der Waals surface area contributed by atoms with E-state index in [1.54, 1.807) is 19.5 Å². The van der Waals surface area contributed by atoms with E-state index in [0.29, 0.717) is 11.0 Å². The molecule has 0 atom stereocenters. The molecule has 2 aromatic carbocycles. The maximum atomic E-state index is 5.65. The molecular formula is C17H13ClN4O. The van der Waals surface area contributed by atoms with E-state index in [0.717, 1.165) is 22.1 Å². The molecule has 114 valence electrons. The number of halogens is 1. The van der Waals surface area contributed by atoms with Crippen LogP contribution in [0.15, 0.2) is 60.9 Å². The van der Waals surface area contributed by atoms with Gasteiger partial charge in [0.05, 0.1) is 41.6 Å². The van der Waals surface area contributed by atoms with Crippen LogP contribution < -0.4 is 4.74 Å². The number of aromatic nitrogens is 4. The highest BCUT2D eigenvalue weighted by atomic mass is 35.5. The molecule has 2 aromatic heterocycles. The van der Waals surface area contributed by atoms with Gasteiger partial charge in [-0.1, -0.05) is 35.9 Å². The third-order valence-corrected chi connectivity index (χ3v) is 3.24. The Balaban J connectivity index is 0.000000136. The Labute approximate surface area is 138 Å². The number of methoxy groups -OCH3 is 1. The minimum atomic E-state index is 0.434. The number of rotatable bonds is 1. The Hall–Kier alpha value is -2.79. The molecule has 0 bridgehead atoms. The van der Waals surface area contributed by atoms with Crippen LogP contribution in [0.5, 0.6) is 5.88 Å². The largest absolute Gasteiger partial charge is 0.480 e. The van der Waals surface area contributed by atoms with Gasteiger partial charge >= 0.3 is 0 Å². The second-order valence-electron chi connectivity index (χ2n) is 4.58. The fourth-order valence-electron chi connectivity index (χ4n) is 1.97. The summed E-state index contributed by atoms with van der Waals surface area (Å²) in [4.78, 5) is 16.5. The van der Waals surface area contributed by atoms with Gasteiger partial charge in [-0.25, -0.2) is 15.0 Å². The van der Waals surface area contributed by atoms with E-state index in [-0.39, 0.29) is 0 Å². The molecule has 0 N–H and O–H groups in total. The molecule has 0 saturated heterocycles. The number of nitrogens with zero attached hydrogens (tertiary/aromatic N) is 4. The van der Waals surface area contributed by atoms with E-state index in [9.17, 15) is 0 Å². The Kier molecular flexibility index (Phi) is 4.59. The third kappa shape index (κ3) is 3.70. The monoisotopic (exact) mass is 324 g/mol. The van der Waals surface area contributed by atoms with Crippen molar-refractivity contribution in [3.63, 3.8) is 0 Å². The Morgan fingerprint density at radius 3 is 1.87 bits per heavy atom. The third-order valence-electron chi connectivity index (χ3n) is 3.05. The minimum absolute atomic E-state index is 0.434. The molecule has 0 aliphatic carbocycles. The van der Waals surface area contributed by atoms with Gasteiger partial charge in [0.1, 0.15) is 5.15 Å². The lowest BCUT2D eigenvalue weighted by Gasteiger charge is -1.98. The van der Waals surface area contributed by atoms with Crippen LogP contribution in [-0.4, -0.2) is 27.0 Å². The molecule has 0 fully saturated rings. The minimum Gasteiger partial charge on any atom is -0.480 e. The van der Waals surface area contributed by atoms with Crippen molar-refractivity contribution in [3.05, 3.63) is 66.1 Å². The zero-order valence-electron chi connectivity index (χ0n) is 12.3. The van der Waals surface area contributed by atoms with Crippen LogP contribution in [0.3, 0.4) is 0 Å². The first kappa shape index (κ1) is 15.1. The molecule has 0 spiro atoms. The highest BCUT2D eigenvalue weighted by Crippen LogP contribution is 2.12. The lowest BCUT2D eigenvalue weighted by molar-refractivity contribution is 0.397. The van der Waals surface area contributed by atoms with E-state index >= 15 is 0 Å². The summed E-state index contributed by atoms with van der Waals surface area (Å²) >= 11 is 5.65. The number of benzene rings is 2. The lowest BCUT2D eigenvalue weighted by Crippen LogP contribution is -1.89. The summed E-state index contributed by atoms with van der Waals surface area (Å²) in [6, 6.07) is 15.3. The lowest BCUT2D eigenvalue weighted by atomic mass is 10.3. The maximum absolute atomic E-state index is 5.65. The topological polar surface area (TPSA) is 60.8 Å². The van der Waals surface area contributed by atoms with Crippen molar-refractivity contribution in [2.75, 3.05) is 7.11 Å². The second kappa shape index (κ2) is 6.98. The summed E-state index contributed by atoms with van der Waals surface area (Å²) in [6.45, 7) is 0. The average molecular weight is 325 g/mol. The first-order valence-electron chi connectivity index (χ1n) is 6.89. The van der Waals surface area contributed by atoms with Gasteiger partial charge in [-0.15, -0.1) is 0 Å². The highest BCUT2D eigenvalue weighted by Gasteiger charge is 1.96. The molecule has 0 unspecified atom stereocenters. The van der Waals surface area contributed by atoms with Crippen LogP contribution in [0.4, 0.5) is 0 Å². The van der Waals surface area contributed by atoms with E-state index in [2.05, 4.69) is 19.9 Å². The van der Waals surface area contributed by atoms with Crippen LogP contribution in [0.25, 0.3) is 22.1 Å². The molecule has 0 aliphatic rings. The smallest absolute Gasteiger partial charge is 0.232 e. The summed E-state index contributed by atoms with van der Waals surface area (Å²) in [6.07, 6.45) is 3.16. The number of para-hydroxylation sites is 4. The van der Waals surface area contributed by atoms with Crippen molar-refractivity contribution in [3.8, 4) is 5.88 Å². The molecule has 4 rings (SSSR count). The average Bonchev–Trinajstić information content (AvgIpc) is 2.61. The first-order valence-corrected chi connectivity index (χ1v) is 7.27. The van der Waals surface area contributed by atoms with Crippen LogP contribution in [-0.2, 0) is 0 Å². The normalized spacial score (nSPS) is 10.2. The van der Waals surface area contributed by atoms with Gasteiger partial charge in [0, 0.05) is 0 Å². The van der Waals surface area contributed by atoms with Crippen molar-refractivity contribution in [2.45, 2.75) is 0 Å². The summed E-state index contributed by atoms with van der Waals surface area (Å²) < 4.78 is 4.95. The fourth-order valence-corrected chi connectivity index (χ4v) is 2.11. The van der Waals surface area contributed by atoms with Gasteiger partial charge < -0.3 is 4.74 Å². The zero-order valence-corrected chi connectivity index (χ0v) is 13.1. The Bertz CT molecular complexity index is 945. The van der Waals surface area contributed by atoms with Crippen molar-refractivity contribution in [1.82, 2.24) is 19.9 Å². The van der Waals surface area contributed by atoms with Crippen molar-refractivity contribution in [2.24, 2.45) is 0 Å². The van der Waals surface area contributed by atoms with E-state index in [4.69, 9.17) is 16.3 Å². The van der Waals surface area contributed by atoms with Gasteiger partial charge in [0.2, 0.25) is 5.88 Å². The summed E-state index contributed by atoms with van der Waals surface area (Å²) in [5.41, 5.74) is 3.45. The van der Waals surface area contributed by atoms with Crippen LogP contribution >= 0.6 is 11.6 Å². The van der Waals surface area contributed by atoms with Gasteiger partial charge in [-0.05, 0) is 24.3 Å². The molecule has 4 aromatic rings. The van der Waals surface area contributed by atoms with Crippen molar-refractivity contribution >= 4 is 33.7 Å².